The average Bonchev–Trinajstić information content (AvgIpc) is 2.66. The van der Waals surface area contributed by atoms with E-state index >= 15 is 0 Å². The average molecular weight is 297 g/mol. The van der Waals surface area contributed by atoms with Gasteiger partial charge in [-0.2, -0.15) is 5.10 Å². The number of carbonyl (C=O) groups excluding carboxylic acids is 1. The number of ketones is 1. The summed E-state index contributed by atoms with van der Waals surface area (Å²) in [5, 5.41) is 4.63. The second kappa shape index (κ2) is 5.63. The molecule has 0 unspecified atom stereocenters. The third kappa shape index (κ3) is 2.67. The fraction of sp³-hybridized carbons (Fsp3) is 0.286. The lowest BCUT2D eigenvalue weighted by Gasteiger charge is -2.06. The zero-order valence-corrected chi connectivity index (χ0v) is 12.2. The van der Waals surface area contributed by atoms with Gasteiger partial charge in [-0.05, 0) is 25.1 Å². The van der Waals surface area contributed by atoms with Crippen LogP contribution in [0.5, 0.6) is 5.75 Å². The van der Waals surface area contributed by atoms with Crippen molar-refractivity contribution in [3.63, 3.8) is 0 Å². The normalized spacial score (nSPS) is 10.7. The largest absolute Gasteiger partial charge is 0.494 e. The van der Waals surface area contributed by atoms with E-state index < -0.39 is 5.82 Å². The number of aryl methyl sites for hydroxylation is 2. The number of carbonyl (C=O) groups is 1. The van der Waals surface area contributed by atoms with E-state index in [1.807, 2.05) is 0 Å². The number of benzene rings is 1. The minimum absolute atomic E-state index is 0.0446. The smallest absolute Gasteiger partial charge is 0.168 e. The quantitative estimate of drug-likeness (QED) is 0.815. The Morgan fingerprint density at radius 1 is 1.50 bits per heavy atom. The van der Waals surface area contributed by atoms with Crippen LogP contribution in [-0.2, 0) is 13.5 Å². The Morgan fingerprint density at radius 2 is 2.20 bits per heavy atom. The minimum atomic E-state index is -0.501. The fourth-order valence-corrected chi connectivity index (χ4v) is 2.19. The van der Waals surface area contributed by atoms with Gasteiger partial charge in [0.1, 0.15) is 0 Å². The van der Waals surface area contributed by atoms with E-state index in [0.29, 0.717) is 22.0 Å². The number of aromatic nitrogens is 2. The Hall–Kier alpha value is -1.88. The maximum Gasteiger partial charge on any atom is 0.168 e. The van der Waals surface area contributed by atoms with Crippen molar-refractivity contribution in [1.82, 2.24) is 9.78 Å². The molecule has 1 heterocycles. The van der Waals surface area contributed by atoms with Crippen molar-refractivity contribution in [1.29, 1.82) is 0 Å². The van der Waals surface area contributed by atoms with E-state index in [1.165, 1.54) is 25.3 Å². The van der Waals surface area contributed by atoms with Crippen molar-refractivity contribution in [3.8, 4) is 5.75 Å². The first-order valence-corrected chi connectivity index (χ1v) is 6.36. The highest BCUT2D eigenvalue weighted by Crippen LogP contribution is 2.23. The van der Waals surface area contributed by atoms with Gasteiger partial charge in [-0.3, -0.25) is 9.48 Å². The van der Waals surface area contributed by atoms with E-state index in [4.69, 9.17) is 16.3 Å². The zero-order chi connectivity index (χ0) is 14.9. The summed E-state index contributed by atoms with van der Waals surface area (Å²) >= 11 is 6.11. The predicted molar refractivity (Wildman–Crippen MR) is 73.9 cm³/mol. The summed E-state index contributed by atoms with van der Waals surface area (Å²) in [5.41, 5.74) is 1.68. The number of Topliss-reactive ketones (excluding diaryl/α,β-unsaturated/α-hetero) is 1. The van der Waals surface area contributed by atoms with Crippen molar-refractivity contribution in [2.45, 2.75) is 13.3 Å². The molecule has 106 valence electrons. The van der Waals surface area contributed by atoms with Gasteiger partial charge in [0.15, 0.2) is 17.3 Å². The molecule has 0 spiro atoms. The van der Waals surface area contributed by atoms with Crippen LogP contribution in [0.3, 0.4) is 0 Å². The molecule has 0 saturated heterocycles. The Balaban J connectivity index is 2.28. The third-order valence-electron chi connectivity index (χ3n) is 3.06. The Kier molecular flexibility index (Phi) is 4.09. The summed E-state index contributed by atoms with van der Waals surface area (Å²) in [4.78, 5) is 12.2. The molecule has 0 bridgehead atoms. The van der Waals surface area contributed by atoms with Crippen LogP contribution < -0.4 is 4.74 Å². The van der Waals surface area contributed by atoms with Gasteiger partial charge < -0.3 is 4.74 Å². The molecule has 2 rings (SSSR count). The van der Waals surface area contributed by atoms with Crippen LogP contribution >= 0.6 is 11.6 Å². The van der Waals surface area contributed by atoms with Crippen LogP contribution in [-0.4, -0.2) is 22.7 Å². The van der Waals surface area contributed by atoms with Crippen molar-refractivity contribution in [3.05, 3.63) is 46.0 Å². The number of hydrogen-bond acceptors (Lipinski definition) is 3. The number of nitrogens with zero attached hydrogens (tertiary/aromatic N) is 2. The zero-order valence-electron chi connectivity index (χ0n) is 11.4. The van der Waals surface area contributed by atoms with Crippen molar-refractivity contribution < 1.29 is 13.9 Å². The lowest BCUT2D eigenvalue weighted by Crippen LogP contribution is -2.08. The SMILES string of the molecule is COc1cc(C(=O)Cc2c(Cl)c(C)nn2C)ccc1F. The monoisotopic (exact) mass is 296 g/mol. The molecular formula is C14H14ClFN2O2. The van der Waals surface area contributed by atoms with Crippen LogP contribution in [0.2, 0.25) is 5.02 Å². The number of methoxy groups -OCH3 is 1. The van der Waals surface area contributed by atoms with Crippen molar-refractivity contribution >= 4 is 17.4 Å². The Bertz CT molecular complexity index is 667. The first-order valence-electron chi connectivity index (χ1n) is 5.98. The molecule has 0 amide bonds. The molecule has 0 aliphatic rings. The first-order chi connectivity index (χ1) is 9.43. The summed E-state index contributed by atoms with van der Waals surface area (Å²) in [6, 6.07) is 4.02. The maximum absolute atomic E-state index is 13.3. The molecule has 0 aliphatic heterocycles. The molecule has 4 nitrogen and oxygen atoms in total. The Labute approximate surface area is 121 Å². The molecule has 0 radical (unpaired) electrons. The summed E-state index contributed by atoms with van der Waals surface area (Å²) in [6.45, 7) is 1.78. The molecule has 1 aromatic carbocycles. The summed E-state index contributed by atoms with van der Waals surface area (Å²) in [5.74, 6) is -0.630. The summed E-state index contributed by atoms with van der Waals surface area (Å²) in [7, 11) is 3.08. The second-order valence-electron chi connectivity index (χ2n) is 4.42. The van der Waals surface area contributed by atoms with Crippen molar-refractivity contribution in [2.75, 3.05) is 7.11 Å². The topological polar surface area (TPSA) is 44.1 Å². The van der Waals surface area contributed by atoms with Crippen LogP contribution in [0.15, 0.2) is 18.2 Å². The molecule has 0 aliphatic carbocycles. The van der Waals surface area contributed by atoms with Crippen molar-refractivity contribution in [2.24, 2.45) is 7.05 Å². The van der Waals surface area contributed by atoms with Crippen LogP contribution in [0, 0.1) is 12.7 Å². The molecule has 0 saturated carbocycles. The highest BCUT2D eigenvalue weighted by atomic mass is 35.5. The van der Waals surface area contributed by atoms with Crippen LogP contribution in [0.1, 0.15) is 21.7 Å². The number of halogens is 2. The Morgan fingerprint density at radius 3 is 2.75 bits per heavy atom. The minimum Gasteiger partial charge on any atom is -0.494 e. The van der Waals surface area contributed by atoms with Gasteiger partial charge in [0.25, 0.3) is 0 Å². The van der Waals surface area contributed by atoms with E-state index in [2.05, 4.69) is 5.10 Å². The van der Waals surface area contributed by atoms with Gasteiger partial charge in [-0.15, -0.1) is 0 Å². The van der Waals surface area contributed by atoms with E-state index in [9.17, 15) is 9.18 Å². The molecule has 0 atom stereocenters. The number of ether oxygens (including phenoxy) is 1. The van der Waals surface area contributed by atoms with Gasteiger partial charge in [0, 0.05) is 12.6 Å². The van der Waals surface area contributed by atoms with Crippen LogP contribution in [0.4, 0.5) is 4.39 Å². The lowest BCUT2D eigenvalue weighted by atomic mass is 10.1. The molecule has 0 fully saturated rings. The maximum atomic E-state index is 13.3. The van der Waals surface area contributed by atoms with Gasteiger partial charge >= 0.3 is 0 Å². The molecule has 6 heteroatoms. The predicted octanol–water partition coefficient (Wildman–Crippen LogP) is 2.96. The van der Waals surface area contributed by atoms with E-state index in [-0.39, 0.29) is 18.0 Å². The number of rotatable bonds is 4. The van der Waals surface area contributed by atoms with Gasteiger partial charge in [-0.1, -0.05) is 11.6 Å². The molecule has 1 aromatic heterocycles. The summed E-state index contributed by atoms with van der Waals surface area (Å²) in [6.07, 6.45) is 0.102. The van der Waals surface area contributed by atoms with Gasteiger partial charge in [0.2, 0.25) is 0 Å². The number of hydrogen-bond donors (Lipinski definition) is 0. The van der Waals surface area contributed by atoms with Crippen LogP contribution in [0.25, 0.3) is 0 Å². The molecule has 2 aromatic rings. The summed E-state index contributed by atoms with van der Waals surface area (Å²) < 4.78 is 19.8. The highest BCUT2D eigenvalue weighted by molar-refractivity contribution is 6.32. The fourth-order valence-electron chi connectivity index (χ4n) is 1.96. The third-order valence-corrected chi connectivity index (χ3v) is 3.55. The van der Waals surface area contributed by atoms with Gasteiger partial charge in [0.05, 0.1) is 29.9 Å². The molecule has 0 N–H and O–H groups in total. The van der Waals surface area contributed by atoms with Gasteiger partial charge in [-0.25, -0.2) is 4.39 Å². The van der Waals surface area contributed by atoms with E-state index in [1.54, 1.807) is 18.7 Å². The molecule has 20 heavy (non-hydrogen) atoms. The first kappa shape index (κ1) is 14.5. The standard InChI is InChI=1S/C14H14ClFN2O2/c1-8-14(15)11(18(2)17-8)7-12(19)9-4-5-10(16)13(6-9)20-3/h4-6H,7H2,1-3H3. The van der Waals surface area contributed by atoms with E-state index in [0.717, 1.165) is 0 Å². The molecular weight excluding hydrogens is 283 g/mol. The second-order valence-corrected chi connectivity index (χ2v) is 4.80. The lowest BCUT2D eigenvalue weighted by molar-refractivity contribution is 0.0990. The highest BCUT2D eigenvalue weighted by Gasteiger charge is 2.17.